The van der Waals surface area contributed by atoms with Gasteiger partial charge < -0.3 is 8.39 Å². The molecule has 198 valence electrons. The fourth-order valence-corrected chi connectivity index (χ4v) is 8.43. The van der Waals surface area contributed by atoms with Crippen molar-refractivity contribution in [3.8, 4) is 0 Å². The van der Waals surface area contributed by atoms with Crippen molar-refractivity contribution in [2.24, 2.45) is 5.41 Å². The Bertz CT molecular complexity index is 1740. The maximum atomic E-state index is 6.86. The molecule has 39 heavy (non-hydrogen) atoms. The van der Waals surface area contributed by atoms with Crippen molar-refractivity contribution in [3.63, 3.8) is 0 Å². The third-order valence-electron chi connectivity index (χ3n) is 7.52. The molecule has 0 radical (unpaired) electrons. The van der Waals surface area contributed by atoms with Gasteiger partial charge in [0, 0.05) is 34.5 Å². The molecule has 0 spiro atoms. The first kappa shape index (κ1) is 26.1. The Hall–Kier alpha value is -3.17. The van der Waals surface area contributed by atoms with Crippen molar-refractivity contribution in [2.45, 2.75) is 38.6 Å². The molecule has 6 aromatic rings. The van der Waals surface area contributed by atoms with Crippen molar-refractivity contribution in [1.82, 2.24) is 0 Å². The Balaban J connectivity index is 1.57. The summed E-state index contributed by atoms with van der Waals surface area (Å²) < 4.78 is 16.1. The van der Waals surface area contributed by atoms with Gasteiger partial charge in [-0.3, -0.25) is 0 Å². The second-order valence-electron chi connectivity index (χ2n) is 11.3. The van der Waals surface area contributed by atoms with E-state index in [4.69, 9.17) is 8.39 Å². The molecule has 1 atom stereocenters. The lowest BCUT2D eigenvalue weighted by molar-refractivity contribution is 0.338. The average molecular weight is 552 g/mol. The Morgan fingerprint density at radius 3 is 1.74 bits per heavy atom. The fourth-order valence-electron chi connectivity index (χ4n) is 5.33. The summed E-state index contributed by atoms with van der Waals surface area (Å²) >= 11 is 1.89. The van der Waals surface area contributed by atoms with E-state index in [2.05, 4.69) is 136 Å². The molecule has 5 heteroatoms. The lowest BCUT2D eigenvalue weighted by Crippen LogP contribution is -2.42. The van der Waals surface area contributed by atoms with Gasteiger partial charge in [0.25, 0.3) is 0 Å². The number of rotatable bonds is 5. The molecule has 0 aliphatic rings. The van der Waals surface area contributed by atoms with E-state index in [1.165, 1.54) is 32.0 Å². The molecule has 0 amide bonds. The Morgan fingerprint density at radius 2 is 1.23 bits per heavy atom. The van der Waals surface area contributed by atoms with Gasteiger partial charge >= 0.3 is 8.16 Å². The quantitative estimate of drug-likeness (QED) is 0.199. The van der Waals surface area contributed by atoms with E-state index in [0.717, 1.165) is 27.7 Å². The third-order valence-corrected chi connectivity index (χ3v) is 10.1. The molecule has 0 N–H and O–H groups in total. The molecule has 3 nitrogen and oxygen atoms in total. The van der Waals surface area contributed by atoms with Crippen LogP contribution in [0.5, 0.6) is 0 Å². The Morgan fingerprint density at radius 1 is 0.718 bits per heavy atom. The van der Waals surface area contributed by atoms with E-state index in [9.17, 15) is 0 Å². The summed E-state index contributed by atoms with van der Waals surface area (Å²) in [7, 11) is 0.744. The minimum atomic E-state index is -1.41. The molecule has 0 fully saturated rings. The zero-order chi connectivity index (χ0) is 27.1. The highest BCUT2D eigenvalue weighted by Gasteiger charge is 2.32. The first-order valence-corrected chi connectivity index (χ1v) is 15.5. The lowest BCUT2D eigenvalue weighted by atomic mass is 9.88. The highest BCUT2D eigenvalue weighted by molar-refractivity contribution is 7.99. The van der Waals surface area contributed by atoms with Crippen LogP contribution in [0.1, 0.15) is 26.3 Å². The van der Waals surface area contributed by atoms with Gasteiger partial charge in [0.1, 0.15) is 11.2 Å². The second-order valence-corrected chi connectivity index (χ2v) is 13.9. The SMILES string of the molecule is Cc1ccc(SC[C@@H](N(C)p2oc3ccc4ccccc4c3c3c(ccc4ccccc43)o2)C(C)(C)C)cc1. The summed E-state index contributed by atoms with van der Waals surface area (Å²) in [4.78, 5) is 1.28. The van der Waals surface area contributed by atoms with E-state index >= 15 is 0 Å². The highest BCUT2D eigenvalue weighted by atomic mass is 32.2. The molecule has 0 aliphatic carbocycles. The molecule has 0 bridgehead atoms. The van der Waals surface area contributed by atoms with Gasteiger partial charge in [-0.15, -0.1) is 11.8 Å². The van der Waals surface area contributed by atoms with Gasteiger partial charge in [0.15, 0.2) is 0 Å². The highest BCUT2D eigenvalue weighted by Crippen LogP contribution is 2.44. The van der Waals surface area contributed by atoms with Crippen LogP contribution in [-0.2, 0) is 0 Å². The Labute approximate surface area is 235 Å². The first-order chi connectivity index (χ1) is 18.8. The fraction of sp³-hybridized carbons (Fsp3) is 0.235. The van der Waals surface area contributed by atoms with Crippen LogP contribution in [0.2, 0.25) is 0 Å². The monoisotopic (exact) mass is 551 g/mol. The smallest absolute Gasteiger partial charge is 0.309 e. The molecule has 0 unspecified atom stereocenters. The number of thioether (sulfide) groups is 1. The van der Waals surface area contributed by atoms with E-state index in [1.54, 1.807) is 0 Å². The number of nitrogens with zero attached hydrogens (tertiary/aromatic N) is 1. The van der Waals surface area contributed by atoms with Crippen molar-refractivity contribution >= 4 is 63.4 Å². The molecule has 0 saturated carbocycles. The Kier molecular flexibility index (Phi) is 6.97. The van der Waals surface area contributed by atoms with Crippen LogP contribution < -0.4 is 4.67 Å². The molecule has 1 aromatic heterocycles. The van der Waals surface area contributed by atoms with Gasteiger partial charge in [0.2, 0.25) is 0 Å². The maximum absolute atomic E-state index is 6.86. The molecule has 1 heterocycles. The topological polar surface area (TPSA) is 29.5 Å². The summed E-state index contributed by atoms with van der Waals surface area (Å²) in [5.74, 6) is 0.934. The summed E-state index contributed by atoms with van der Waals surface area (Å²) in [6.45, 7) is 9.05. The largest absolute Gasteiger partial charge is 0.408 e. The third kappa shape index (κ3) is 5.10. The van der Waals surface area contributed by atoms with Crippen LogP contribution >= 0.6 is 19.9 Å². The van der Waals surface area contributed by atoms with E-state index in [0.29, 0.717) is 0 Å². The summed E-state index contributed by atoms with van der Waals surface area (Å²) in [5.41, 5.74) is 3.05. The molecule has 0 saturated heterocycles. The van der Waals surface area contributed by atoms with Crippen LogP contribution in [0.25, 0.3) is 43.5 Å². The predicted molar refractivity (Wildman–Crippen MR) is 171 cm³/mol. The van der Waals surface area contributed by atoms with E-state index in [1.807, 2.05) is 11.8 Å². The van der Waals surface area contributed by atoms with Gasteiger partial charge in [-0.25, -0.2) is 4.67 Å². The number of aryl methyl sites for hydroxylation is 1. The van der Waals surface area contributed by atoms with Crippen molar-refractivity contribution < 1.29 is 8.39 Å². The zero-order valence-corrected chi connectivity index (χ0v) is 24.9. The van der Waals surface area contributed by atoms with Crippen LogP contribution in [0.4, 0.5) is 0 Å². The van der Waals surface area contributed by atoms with Gasteiger partial charge in [-0.05, 0) is 58.1 Å². The molecular formula is C34H34NO2PS. The summed E-state index contributed by atoms with van der Waals surface area (Å²) in [6, 6.07) is 34.7. The van der Waals surface area contributed by atoms with Gasteiger partial charge in [-0.1, -0.05) is 99.1 Å². The molecule has 0 aliphatic heterocycles. The second kappa shape index (κ2) is 10.4. The lowest BCUT2D eigenvalue weighted by Gasteiger charge is -2.35. The van der Waals surface area contributed by atoms with Crippen molar-refractivity contribution in [2.75, 3.05) is 17.5 Å². The molecule has 6 rings (SSSR count). The van der Waals surface area contributed by atoms with Crippen molar-refractivity contribution in [3.05, 3.63) is 103 Å². The number of hydrogen-bond acceptors (Lipinski definition) is 4. The molecule has 5 aromatic carbocycles. The van der Waals surface area contributed by atoms with Gasteiger partial charge in [-0.2, -0.15) is 0 Å². The summed E-state index contributed by atoms with van der Waals surface area (Å²) in [5, 5.41) is 6.97. The number of hydrogen-bond donors (Lipinski definition) is 0. The molecular weight excluding hydrogens is 517 g/mol. The number of fused-ring (bicyclic) bond motifs is 7. The average Bonchev–Trinajstić information content (AvgIpc) is 3.11. The van der Waals surface area contributed by atoms with E-state index < -0.39 is 8.16 Å². The minimum Gasteiger partial charge on any atom is -0.408 e. The van der Waals surface area contributed by atoms with Crippen molar-refractivity contribution in [1.29, 1.82) is 0 Å². The zero-order valence-electron chi connectivity index (χ0n) is 23.1. The normalized spacial score (nSPS) is 13.1. The van der Waals surface area contributed by atoms with Crippen LogP contribution in [0.15, 0.2) is 110 Å². The number of benzene rings is 5. The van der Waals surface area contributed by atoms with Crippen LogP contribution in [0.3, 0.4) is 0 Å². The predicted octanol–water partition coefficient (Wildman–Crippen LogP) is 10.7. The maximum Gasteiger partial charge on any atom is 0.309 e. The van der Waals surface area contributed by atoms with E-state index in [-0.39, 0.29) is 11.5 Å². The standard InChI is InChI=1S/C34H34NO2PS/c1-23-14-18-26(19-15-23)39-22-31(34(2,3)4)35(5)38-36-29-20-16-24-10-6-8-12-27(24)32(29)33-28-13-9-7-11-25(28)17-21-30(33)37-38/h6-21,31H,22H2,1-5H3/t31-/m1/s1. The van der Waals surface area contributed by atoms with Gasteiger partial charge in [0.05, 0.1) is 0 Å². The summed E-state index contributed by atoms with van der Waals surface area (Å²) in [6.07, 6.45) is 0. The van der Waals surface area contributed by atoms with Crippen LogP contribution in [0, 0.1) is 12.3 Å². The minimum absolute atomic E-state index is 0.0201. The first-order valence-electron chi connectivity index (χ1n) is 13.4. The van der Waals surface area contributed by atoms with Crippen LogP contribution in [-0.4, -0.2) is 18.8 Å².